The van der Waals surface area contributed by atoms with Gasteiger partial charge in [-0.3, -0.25) is 23.9 Å². The van der Waals surface area contributed by atoms with Gasteiger partial charge in [-0.2, -0.15) is 0 Å². The van der Waals surface area contributed by atoms with Crippen LogP contribution in [0.2, 0.25) is 0 Å². The molecule has 5 aliphatic rings. The number of hydrogen-bond donors (Lipinski definition) is 4. The fraction of sp³-hybridized carbons (Fsp3) is 0.538. The molecule has 3 fully saturated rings. The highest BCUT2D eigenvalue weighted by atomic mass is 32.2. The number of carbonyl (C=O) groups is 5. The SMILES string of the molecule is O=C1N[C@H]2CCCCC/C=C\[C@@H]3CC3(C(=O)NS(=O)(=O)C3CC3)NC(=O)[C@@H]3C[C@H](CN3C2=O)NC(=O)c2cccc(n2)-c2cccc(c2)OCCCCCO1. The zero-order valence-electron chi connectivity index (χ0n) is 30.7. The number of sulfonamides is 1. The molecule has 0 radical (unpaired) electrons. The highest BCUT2D eigenvalue weighted by Gasteiger charge is 2.62. The molecular weight excluding hydrogens is 729 g/mol. The summed E-state index contributed by atoms with van der Waals surface area (Å²) < 4.78 is 39.2. The van der Waals surface area contributed by atoms with Crippen molar-refractivity contribution < 1.29 is 41.9 Å². The summed E-state index contributed by atoms with van der Waals surface area (Å²) in [5, 5.41) is 7.87. The molecule has 5 atom stereocenters. The fourth-order valence-corrected chi connectivity index (χ4v) is 8.92. The topological polar surface area (TPSA) is 202 Å². The second-order valence-electron chi connectivity index (χ2n) is 15.1. The van der Waals surface area contributed by atoms with Gasteiger partial charge in [0.1, 0.15) is 29.1 Å². The van der Waals surface area contributed by atoms with Crippen LogP contribution < -0.4 is 25.4 Å². The molecule has 2 aliphatic carbocycles. The number of aromatic nitrogens is 1. The van der Waals surface area contributed by atoms with Crippen LogP contribution in [-0.2, 0) is 29.1 Å². The van der Waals surface area contributed by atoms with Gasteiger partial charge in [0.2, 0.25) is 21.8 Å². The Hall–Kier alpha value is -4.99. The molecule has 2 aromatic rings. The van der Waals surface area contributed by atoms with Crippen molar-refractivity contribution in [1.82, 2.24) is 30.6 Å². The van der Waals surface area contributed by atoms with E-state index in [0.717, 1.165) is 31.2 Å². The molecule has 2 saturated carbocycles. The summed E-state index contributed by atoms with van der Waals surface area (Å²) in [7, 11) is -3.91. The van der Waals surface area contributed by atoms with Crippen LogP contribution in [0.25, 0.3) is 11.3 Å². The molecule has 1 aromatic carbocycles. The Bertz CT molecular complexity index is 1950. The van der Waals surface area contributed by atoms with E-state index in [4.69, 9.17) is 9.47 Å². The standard InChI is InChI=1S/C39H48N6O9S/c46-34-31-16-10-15-30(41-31)25-11-9-13-28(21-25)53-19-7-4-8-20-54-38(50)42-32-14-6-3-1-2-5-12-26-23-39(26,37(49)44-55(51,52)29-17-18-29)43-35(47)33-22-27(40-34)24-45(33)36(32)48/h5,9-13,15-16,21,26-27,29,32-33H,1-4,6-8,14,17-20,22-24H2,(H,40,46)(H,42,50)(H,43,47)(H,44,49)/b12-5-/t26-,27-,32+,33+,39?/m1/s1. The Morgan fingerprint density at radius 2 is 1.65 bits per heavy atom. The summed E-state index contributed by atoms with van der Waals surface area (Å²) >= 11 is 0. The molecule has 4 heterocycles. The van der Waals surface area contributed by atoms with Gasteiger partial charge in [0.25, 0.3) is 11.8 Å². The van der Waals surface area contributed by atoms with Crippen molar-refractivity contribution >= 4 is 39.7 Å². The first-order chi connectivity index (χ1) is 26.5. The lowest BCUT2D eigenvalue weighted by Crippen LogP contribution is -2.58. The minimum absolute atomic E-state index is 0.00185. The van der Waals surface area contributed by atoms with Crippen LogP contribution in [0.3, 0.4) is 0 Å². The monoisotopic (exact) mass is 776 g/mol. The lowest BCUT2D eigenvalue weighted by Gasteiger charge is -2.30. The normalized spacial score (nSPS) is 28.8. The molecule has 16 heteroatoms. The molecule has 4 N–H and O–H groups in total. The zero-order chi connectivity index (χ0) is 38.6. The van der Waals surface area contributed by atoms with Gasteiger partial charge in [-0.1, -0.05) is 43.2 Å². The molecule has 1 unspecified atom stereocenters. The average molecular weight is 777 g/mol. The highest BCUT2D eigenvalue weighted by molar-refractivity contribution is 7.91. The van der Waals surface area contributed by atoms with Gasteiger partial charge in [-0.25, -0.2) is 18.2 Å². The van der Waals surface area contributed by atoms with Gasteiger partial charge >= 0.3 is 6.09 Å². The summed E-state index contributed by atoms with van der Waals surface area (Å²) in [5.74, 6) is -2.30. The van der Waals surface area contributed by atoms with E-state index in [1.54, 1.807) is 18.2 Å². The average Bonchev–Trinajstić information content (AvgIpc) is 4.10. The predicted molar refractivity (Wildman–Crippen MR) is 200 cm³/mol. The predicted octanol–water partition coefficient (Wildman–Crippen LogP) is 3.11. The van der Waals surface area contributed by atoms with E-state index >= 15 is 0 Å². The lowest BCUT2D eigenvalue weighted by atomic mass is 10.0. The summed E-state index contributed by atoms with van der Waals surface area (Å²) in [6.45, 7) is 0.532. The van der Waals surface area contributed by atoms with E-state index in [1.807, 2.05) is 36.4 Å². The van der Waals surface area contributed by atoms with E-state index in [1.165, 1.54) is 4.90 Å². The smallest absolute Gasteiger partial charge is 0.407 e. The molecule has 294 valence electrons. The number of nitrogens with one attached hydrogen (secondary N) is 4. The van der Waals surface area contributed by atoms with E-state index in [0.29, 0.717) is 56.6 Å². The van der Waals surface area contributed by atoms with Crippen molar-refractivity contribution in [3.63, 3.8) is 0 Å². The second-order valence-corrected chi connectivity index (χ2v) is 17.1. The third-order valence-corrected chi connectivity index (χ3v) is 12.7. The van der Waals surface area contributed by atoms with E-state index in [-0.39, 0.29) is 31.7 Å². The van der Waals surface area contributed by atoms with Crippen molar-refractivity contribution in [2.45, 2.75) is 106 Å². The number of nitrogens with zero attached hydrogens (tertiary/aromatic N) is 2. The first-order valence-electron chi connectivity index (χ1n) is 19.3. The van der Waals surface area contributed by atoms with Crippen molar-refractivity contribution in [3.05, 3.63) is 60.3 Å². The maximum absolute atomic E-state index is 14.4. The third kappa shape index (κ3) is 9.11. The molecule has 7 bridgehead atoms. The number of pyridine rings is 1. The molecule has 1 aromatic heterocycles. The zero-order valence-corrected chi connectivity index (χ0v) is 31.5. The summed E-state index contributed by atoms with van der Waals surface area (Å²) in [4.78, 5) is 75.1. The Morgan fingerprint density at radius 1 is 0.891 bits per heavy atom. The Kier molecular flexibility index (Phi) is 11.4. The Balaban J connectivity index is 1.18. The van der Waals surface area contributed by atoms with Crippen molar-refractivity contribution in [2.24, 2.45) is 5.92 Å². The number of alkyl carbamates (subject to hydrolysis) is 1. The van der Waals surface area contributed by atoms with Crippen LogP contribution in [0.15, 0.2) is 54.6 Å². The van der Waals surface area contributed by atoms with Crippen LogP contribution in [0.1, 0.15) is 87.5 Å². The largest absolute Gasteiger partial charge is 0.494 e. The number of benzene rings is 1. The van der Waals surface area contributed by atoms with Gasteiger partial charge in [-0.05, 0) is 88.5 Å². The number of amides is 5. The van der Waals surface area contributed by atoms with Crippen LogP contribution in [-0.4, -0.2) is 96.7 Å². The van der Waals surface area contributed by atoms with E-state index < -0.39 is 74.6 Å². The first-order valence-corrected chi connectivity index (χ1v) is 20.9. The quantitative estimate of drug-likeness (QED) is 0.336. The summed E-state index contributed by atoms with van der Waals surface area (Å²) in [6.07, 6.45) is 9.29. The number of carbonyl (C=O) groups excluding carboxylic acids is 5. The molecule has 1 saturated heterocycles. The molecule has 7 rings (SSSR count). The number of cyclic esters (lactones) is 1. The number of ether oxygens (including phenoxy) is 2. The van der Waals surface area contributed by atoms with Crippen molar-refractivity contribution in [1.29, 1.82) is 0 Å². The molecule has 55 heavy (non-hydrogen) atoms. The van der Waals surface area contributed by atoms with Gasteiger partial charge in [0.05, 0.1) is 24.2 Å². The summed E-state index contributed by atoms with van der Waals surface area (Å²) in [6, 6.07) is 9.63. The minimum atomic E-state index is -3.91. The maximum atomic E-state index is 14.4. The number of allylic oxidation sites excluding steroid dienone is 1. The number of fused-ring (bicyclic) bond motifs is 8. The van der Waals surface area contributed by atoms with Gasteiger partial charge in [0.15, 0.2) is 0 Å². The second kappa shape index (κ2) is 16.4. The maximum Gasteiger partial charge on any atom is 0.407 e. The molecular formula is C39H48N6O9S. The third-order valence-electron chi connectivity index (χ3n) is 10.9. The van der Waals surface area contributed by atoms with Gasteiger partial charge in [0, 0.05) is 24.1 Å². The van der Waals surface area contributed by atoms with Gasteiger partial charge in [-0.15, -0.1) is 0 Å². The van der Waals surface area contributed by atoms with E-state index in [9.17, 15) is 32.4 Å². The fourth-order valence-electron chi connectivity index (χ4n) is 7.55. The van der Waals surface area contributed by atoms with Gasteiger partial charge < -0.3 is 30.3 Å². The molecule has 0 spiro atoms. The van der Waals surface area contributed by atoms with Crippen molar-refractivity contribution in [2.75, 3.05) is 19.8 Å². The Labute approximate surface area is 320 Å². The first kappa shape index (κ1) is 38.3. The van der Waals surface area contributed by atoms with Crippen LogP contribution in [0, 0.1) is 5.92 Å². The minimum Gasteiger partial charge on any atom is -0.494 e. The molecule has 15 nitrogen and oxygen atoms in total. The molecule has 5 amide bonds. The Morgan fingerprint density at radius 3 is 2.47 bits per heavy atom. The lowest BCUT2D eigenvalue weighted by molar-refractivity contribution is -0.141. The molecule has 3 aliphatic heterocycles. The number of hydrogen-bond acceptors (Lipinski definition) is 10. The summed E-state index contributed by atoms with van der Waals surface area (Å²) in [5.41, 5.74) is -0.0788. The highest BCUT2D eigenvalue weighted by Crippen LogP contribution is 2.46. The van der Waals surface area contributed by atoms with Crippen molar-refractivity contribution in [3.8, 4) is 17.0 Å². The van der Waals surface area contributed by atoms with E-state index in [2.05, 4.69) is 25.7 Å². The van der Waals surface area contributed by atoms with Crippen LogP contribution >= 0.6 is 0 Å². The number of rotatable bonds is 3. The van der Waals surface area contributed by atoms with Crippen LogP contribution in [0.5, 0.6) is 5.75 Å². The van der Waals surface area contributed by atoms with Crippen LogP contribution in [0.4, 0.5) is 4.79 Å².